The molecular weight excluding hydrogens is 334 g/mol. The van der Waals surface area contributed by atoms with Gasteiger partial charge < -0.3 is 20.7 Å². The number of anilines is 1. The molecule has 0 aromatic heterocycles. The Kier molecular flexibility index (Phi) is 5.00. The summed E-state index contributed by atoms with van der Waals surface area (Å²) in [5, 5.41) is 8.97. The zero-order valence-corrected chi connectivity index (χ0v) is 14.8. The van der Waals surface area contributed by atoms with Crippen LogP contribution in [0.4, 0.5) is 10.5 Å². The van der Waals surface area contributed by atoms with Gasteiger partial charge in [0.05, 0.1) is 13.2 Å². The number of methoxy groups -OCH3 is 1. The minimum Gasteiger partial charge on any atom is -0.497 e. The third-order valence-electron chi connectivity index (χ3n) is 3.99. The largest absolute Gasteiger partial charge is 0.497 e. The van der Waals surface area contributed by atoms with E-state index in [4.69, 9.17) is 17.0 Å². The number of nitrogens with one attached hydrogen (secondary N) is 3. The second-order valence-corrected chi connectivity index (χ2v) is 6.07. The summed E-state index contributed by atoms with van der Waals surface area (Å²) >= 11 is 5.62. The molecule has 0 radical (unpaired) electrons. The summed E-state index contributed by atoms with van der Waals surface area (Å²) in [6, 6.07) is 16.8. The summed E-state index contributed by atoms with van der Waals surface area (Å²) in [7, 11) is 1.63. The van der Waals surface area contributed by atoms with Crippen LogP contribution in [0.2, 0.25) is 0 Å². The molecule has 0 bridgehead atoms. The number of urea groups is 1. The van der Waals surface area contributed by atoms with Crippen LogP contribution in [0.15, 0.2) is 65.9 Å². The molecule has 0 fully saturated rings. The summed E-state index contributed by atoms with van der Waals surface area (Å²) in [6.45, 7) is 1.85. The molecule has 5 nitrogen and oxygen atoms in total. The van der Waals surface area contributed by atoms with Crippen LogP contribution in [0, 0.1) is 0 Å². The third kappa shape index (κ3) is 3.80. The Morgan fingerprint density at radius 2 is 1.80 bits per heavy atom. The number of benzene rings is 2. The van der Waals surface area contributed by atoms with Crippen molar-refractivity contribution in [1.82, 2.24) is 10.6 Å². The highest BCUT2D eigenvalue weighted by atomic mass is 32.1. The number of amides is 2. The Bertz CT molecular complexity index is 816. The minimum atomic E-state index is -0.298. The monoisotopic (exact) mass is 353 g/mol. The molecule has 0 spiro atoms. The fourth-order valence-corrected chi connectivity index (χ4v) is 3.15. The van der Waals surface area contributed by atoms with E-state index in [0.29, 0.717) is 4.99 Å². The van der Waals surface area contributed by atoms with Crippen LogP contribution in [-0.4, -0.2) is 18.1 Å². The molecule has 1 aliphatic heterocycles. The van der Waals surface area contributed by atoms with E-state index in [0.717, 1.165) is 28.3 Å². The lowest BCUT2D eigenvalue weighted by Gasteiger charge is -2.30. The molecule has 3 N–H and O–H groups in total. The van der Waals surface area contributed by atoms with E-state index in [2.05, 4.69) is 16.0 Å². The standard InChI is InChI=1S/C19H19N3O2S/c1-12-16(18(25)21-14-8-10-15(24-2)11-9-14)17(22-19(23)20-12)13-6-4-3-5-7-13/h3-11,17H,1-2H3,(H,21,25)(H2,20,22,23)/t17-/m0/s1. The average Bonchev–Trinajstić information content (AvgIpc) is 2.62. The van der Waals surface area contributed by atoms with Crippen LogP contribution >= 0.6 is 12.2 Å². The Hall–Kier alpha value is -2.86. The first-order valence-corrected chi connectivity index (χ1v) is 8.28. The van der Waals surface area contributed by atoms with E-state index in [-0.39, 0.29) is 12.1 Å². The molecule has 1 aliphatic rings. The second kappa shape index (κ2) is 7.36. The second-order valence-electron chi connectivity index (χ2n) is 5.66. The number of hydrogen-bond donors (Lipinski definition) is 3. The van der Waals surface area contributed by atoms with Crippen LogP contribution < -0.4 is 20.7 Å². The zero-order chi connectivity index (χ0) is 17.8. The minimum absolute atomic E-state index is 0.234. The van der Waals surface area contributed by atoms with E-state index in [1.165, 1.54) is 0 Å². The fourth-order valence-electron chi connectivity index (χ4n) is 2.76. The van der Waals surface area contributed by atoms with Crippen molar-refractivity contribution in [2.75, 3.05) is 12.4 Å². The van der Waals surface area contributed by atoms with Crippen molar-refractivity contribution in [2.24, 2.45) is 0 Å². The van der Waals surface area contributed by atoms with Crippen LogP contribution in [0.5, 0.6) is 5.75 Å². The van der Waals surface area contributed by atoms with Gasteiger partial charge in [0.25, 0.3) is 0 Å². The number of thiocarbonyl (C=S) groups is 1. The van der Waals surface area contributed by atoms with Gasteiger partial charge in [0.15, 0.2) is 0 Å². The first-order chi connectivity index (χ1) is 12.1. The maximum absolute atomic E-state index is 11.9. The Labute approximate surface area is 152 Å². The summed E-state index contributed by atoms with van der Waals surface area (Å²) in [5.41, 5.74) is 3.42. The first-order valence-electron chi connectivity index (χ1n) is 7.87. The summed E-state index contributed by atoms with van der Waals surface area (Å²) < 4.78 is 5.17. The predicted octanol–water partition coefficient (Wildman–Crippen LogP) is 3.76. The van der Waals surface area contributed by atoms with Crippen molar-refractivity contribution in [2.45, 2.75) is 13.0 Å². The van der Waals surface area contributed by atoms with Gasteiger partial charge in [-0.15, -0.1) is 0 Å². The molecule has 2 amide bonds. The van der Waals surface area contributed by atoms with Crippen molar-refractivity contribution >= 4 is 28.9 Å². The van der Waals surface area contributed by atoms with E-state index in [9.17, 15) is 4.79 Å². The van der Waals surface area contributed by atoms with E-state index >= 15 is 0 Å². The van der Waals surface area contributed by atoms with Gasteiger partial charge in [0.2, 0.25) is 0 Å². The molecule has 2 aromatic rings. The molecule has 0 unspecified atom stereocenters. The van der Waals surface area contributed by atoms with Gasteiger partial charge in [-0.25, -0.2) is 4.79 Å². The van der Waals surface area contributed by atoms with Gasteiger partial charge in [-0.3, -0.25) is 0 Å². The number of ether oxygens (including phenoxy) is 1. The fraction of sp³-hybridized carbons (Fsp3) is 0.158. The molecule has 1 atom stereocenters. The lowest BCUT2D eigenvalue weighted by atomic mass is 9.95. The number of carbonyl (C=O) groups excluding carboxylic acids is 1. The molecule has 1 heterocycles. The van der Waals surface area contributed by atoms with Crippen molar-refractivity contribution in [3.63, 3.8) is 0 Å². The quantitative estimate of drug-likeness (QED) is 0.733. The Morgan fingerprint density at radius 1 is 1.12 bits per heavy atom. The van der Waals surface area contributed by atoms with Gasteiger partial charge in [-0.2, -0.15) is 0 Å². The van der Waals surface area contributed by atoms with Gasteiger partial charge in [0.1, 0.15) is 10.7 Å². The molecule has 25 heavy (non-hydrogen) atoms. The summed E-state index contributed by atoms with van der Waals surface area (Å²) in [6.07, 6.45) is 0. The lowest BCUT2D eigenvalue weighted by molar-refractivity contribution is 0.239. The van der Waals surface area contributed by atoms with Gasteiger partial charge >= 0.3 is 6.03 Å². The predicted molar refractivity (Wildman–Crippen MR) is 103 cm³/mol. The van der Waals surface area contributed by atoms with Crippen molar-refractivity contribution in [3.8, 4) is 5.75 Å². The van der Waals surface area contributed by atoms with Crippen LogP contribution in [0.25, 0.3) is 0 Å². The highest BCUT2D eigenvalue weighted by molar-refractivity contribution is 7.81. The van der Waals surface area contributed by atoms with Gasteiger partial charge in [0, 0.05) is 17.0 Å². The molecule has 0 aliphatic carbocycles. The van der Waals surface area contributed by atoms with Crippen molar-refractivity contribution in [3.05, 3.63) is 71.4 Å². The van der Waals surface area contributed by atoms with E-state index < -0.39 is 0 Å². The van der Waals surface area contributed by atoms with E-state index in [1.807, 2.05) is 61.5 Å². The summed E-state index contributed by atoms with van der Waals surface area (Å²) in [4.78, 5) is 12.5. The molecule has 0 saturated carbocycles. The van der Waals surface area contributed by atoms with Gasteiger partial charge in [-0.05, 0) is 36.8 Å². The van der Waals surface area contributed by atoms with Crippen LogP contribution in [0.1, 0.15) is 18.5 Å². The molecular formula is C19H19N3O2S. The first kappa shape index (κ1) is 17.0. The topological polar surface area (TPSA) is 62.4 Å². The average molecular weight is 353 g/mol. The SMILES string of the molecule is COc1ccc(NC(=S)C2=C(C)NC(=O)N[C@H]2c2ccccc2)cc1. The maximum atomic E-state index is 11.9. The van der Waals surface area contributed by atoms with Crippen LogP contribution in [-0.2, 0) is 0 Å². The molecule has 2 aromatic carbocycles. The van der Waals surface area contributed by atoms with Gasteiger partial charge in [-0.1, -0.05) is 42.5 Å². The molecule has 3 rings (SSSR count). The van der Waals surface area contributed by atoms with Crippen LogP contribution in [0.3, 0.4) is 0 Å². The highest BCUT2D eigenvalue weighted by Gasteiger charge is 2.29. The third-order valence-corrected chi connectivity index (χ3v) is 4.32. The normalized spacial score (nSPS) is 16.7. The Balaban J connectivity index is 1.89. The number of hydrogen-bond acceptors (Lipinski definition) is 3. The van der Waals surface area contributed by atoms with E-state index in [1.54, 1.807) is 7.11 Å². The zero-order valence-electron chi connectivity index (χ0n) is 14.0. The number of rotatable bonds is 4. The van der Waals surface area contributed by atoms with Crippen molar-refractivity contribution in [1.29, 1.82) is 0 Å². The molecule has 128 valence electrons. The number of allylic oxidation sites excluding steroid dienone is 1. The molecule has 0 saturated heterocycles. The van der Waals surface area contributed by atoms with Crippen molar-refractivity contribution < 1.29 is 9.53 Å². The smallest absolute Gasteiger partial charge is 0.319 e. The maximum Gasteiger partial charge on any atom is 0.319 e. The lowest BCUT2D eigenvalue weighted by Crippen LogP contribution is -2.45. The highest BCUT2D eigenvalue weighted by Crippen LogP contribution is 2.28. The Morgan fingerprint density at radius 3 is 2.44 bits per heavy atom. The number of carbonyl (C=O) groups is 1. The summed E-state index contributed by atoms with van der Waals surface area (Å²) in [5.74, 6) is 0.778. The molecule has 6 heteroatoms.